The van der Waals surface area contributed by atoms with Crippen molar-refractivity contribution in [3.8, 4) is 0 Å². The van der Waals surface area contributed by atoms with Gasteiger partial charge in [-0.1, -0.05) is 45.4 Å². The van der Waals surface area contributed by atoms with E-state index < -0.39 is 29.6 Å². The Morgan fingerprint density at radius 2 is 0.906 bits per heavy atom. The molecule has 10 N–H and O–H groups in total. The lowest BCUT2D eigenvalue weighted by Crippen LogP contribution is -2.36. The summed E-state index contributed by atoms with van der Waals surface area (Å²) in [6.07, 6.45) is 6.28. The van der Waals surface area contributed by atoms with Crippen molar-refractivity contribution in [3.63, 3.8) is 0 Å². The highest BCUT2D eigenvalue weighted by molar-refractivity contribution is 5.83. The van der Waals surface area contributed by atoms with Crippen LogP contribution in [0.3, 0.4) is 0 Å². The molecule has 20 nitrogen and oxygen atoms in total. The molecule has 20 heteroatoms. The maximum absolute atomic E-state index is 12.4. The molecular weight excluding hydrogens is 690 g/mol. The third-order valence-corrected chi connectivity index (χ3v) is 8.10. The first-order valence-corrected chi connectivity index (χ1v) is 17.6. The van der Waals surface area contributed by atoms with Gasteiger partial charge in [-0.2, -0.15) is 0 Å². The van der Waals surface area contributed by atoms with Crippen molar-refractivity contribution in [3.05, 3.63) is 20.9 Å². The van der Waals surface area contributed by atoms with Crippen LogP contribution in [0.15, 0.2) is 10.2 Å². The molecule has 0 saturated heterocycles. The van der Waals surface area contributed by atoms with Gasteiger partial charge in [-0.05, 0) is 75.3 Å². The lowest BCUT2D eigenvalue weighted by Gasteiger charge is -2.21. The van der Waals surface area contributed by atoms with E-state index in [1.165, 1.54) is 0 Å². The number of rotatable bonds is 28. The summed E-state index contributed by atoms with van der Waals surface area (Å²) in [7, 11) is 0. The molecule has 0 heterocycles. The van der Waals surface area contributed by atoms with E-state index in [1.807, 2.05) is 6.92 Å². The SMILES string of the molecule is C.CC(CC(CC(C)C(N)=O)C(=O)NCCCCCNC(=O)CN=[N+]=[N-])C(N)=O.CCC(CC(C)C(=O)NCCCCCNC(=O)CN=[N+]=[N-])C(N)=O. The van der Waals surface area contributed by atoms with Crippen molar-refractivity contribution in [2.45, 2.75) is 99.3 Å². The number of nitrogens with zero attached hydrogens (tertiary/aromatic N) is 6. The van der Waals surface area contributed by atoms with Gasteiger partial charge in [0.05, 0.1) is 0 Å². The van der Waals surface area contributed by atoms with Gasteiger partial charge in [-0.25, -0.2) is 0 Å². The van der Waals surface area contributed by atoms with E-state index in [9.17, 15) is 33.6 Å². The second-order valence-electron chi connectivity index (χ2n) is 12.6. The Morgan fingerprint density at radius 1 is 0.547 bits per heavy atom. The van der Waals surface area contributed by atoms with E-state index in [2.05, 4.69) is 41.3 Å². The lowest BCUT2D eigenvalue weighted by molar-refractivity contribution is -0.129. The zero-order valence-electron chi connectivity index (χ0n) is 31.0. The molecule has 0 radical (unpaired) electrons. The summed E-state index contributed by atoms with van der Waals surface area (Å²) >= 11 is 0. The fraction of sp³-hybridized carbons (Fsp3) is 0.788. The predicted molar refractivity (Wildman–Crippen MR) is 201 cm³/mol. The maximum atomic E-state index is 12.4. The highest BCUT2D eigenvalue weighted by Gasteiger charge is 2.27. The first kappa shape index (κ1) is 52.3. The summed E-state index contributed by atoms with van der Waals surface area (Å²) in [6, 6.07) is 0. The van der Waals surface area contributed by atoms with Gasteiger partial charge in [0.1, 0.15) is 13.1 Å². The normalized spacial score (nSPS) is 12.8. The minimum absolute atomic E-state index is 0. The largest absolute Gasteiger partial charge is 0.369 e. The van der Waals surface area contributed by atoms with Crippen molar-refractivity contribution < 1.29 is 33.6 Å². The topological polar surface area (TPSA) is 343 Å². The van der Waals surface area contributed by atoms with Crippen LogP contribution in [0.5, 0.6) is 0 Å². The van der Waals surface area contributed by atoms with E-state index in [0.29, 0.717) is 45.4 Å². The molecule has 53 heavy (non-hydrogen) atoms. The molecule has 0 fully saturated rings. The molecule has 0 aromatic rings. The minimum atomic E-state index is -0.523. The van der Waals surface area contributed by atoms with Crippen LogP contribution in [-0.2, 0) is 33.6 Å². The molecule has 7 amide bonds. The lowest BCUT2D eigenvalue weighted by atomic mass is 9.87. The number of hydrogen-bond donors (Lipinski definition) is 7. The van der Waals surface area contributed by atoms with Crippen LogP contribution in [0.25, 0.3) is 20.9 Å². The highest BCUT2D eigenvalue weighted by Crippen LogP contribution is 2.21. The number of azide groups is 2. The van der Waals surface area contributed by atoms with Crippen LogP contribution in [0.1, 0.15) is 99.3 Å². The average Bonchev–Trinajstić information content (AvgIpc) is 3.10. The van der Waals surface area contributed by atoms with Gasteiger partial charge in [0.25, 0.3) is 0 Å². The molecule has 0 aliphatic heterocycles. The van der Waals surface area contributed by atoms with Crippen molar-refractivity contribution in [2.75, 3.05) is 39.3 Å². The third kappa shape index (κ3) is 29.2. The quantitative estimate of drug-likeness (QED) is 0.0270. The molecule has 0 aromatic heterocycles. The molecule has 0 rings (SSSR count). The second-order valence-corrected chi connectivity index (χ2v) is 12.6. The Balaban J connectivity index is -0.000000937. The van der Waals surface area contributed by atoms with Crippen molar-refractivity contribution in [2.24, 2.45) is 57.0 Å². The summed E-state index contributed by atoms with van der Waals surface area (Å²) < 4.78 is 0. The Labute approximate surface area is 312 Å². The number of carbonyl (C=O) groups is 7. The van der Waals surface area contributed by atoms with Crippen molar-refractivity contribution >= 4 is 41.4 Å². The fourth-order valence-electron chi connectivity index (χ4n) is 4.77. The zero-order chi connectivity index (χ0) is 39.9. The first-order valence-electron chi connectivity index (χ1n) is 17.6. The van der Waals surface area contributed by atoms with E-state index in [0.717, 1.165) is 32.1 Å². The first-order chi connectivity index (χ1) is 24.6. The monoisotopic (exact) mass is 753 g/mol. The second kappa shape index (κ2) is 32.8. The van der Waals surface area contributed by atoms with Gasteiger partial charge in [0, 0.05) is 65.6 Å². The van der Waals surface area contributed by atoms with E-state index >= 15 is 0 Å². The van der Waals surface area contributed by atoms with Gasteiger partial charge in [-0.15, -0.1) is 0 Å². The molecule has 0 bridgehead atoms. The third-order valence-electron chi connectivity index (χ3n) is 8.10. The number of nitrogens with one attached hydrogen (secondary N) is 4. The summed E-state index contributed by atoms with van der Waals surface area (Å²) in [5.74, 6) is -4.28. The number of unbranched alkanes of at least 4 members (excludes halogenated alkanes) is 4. The Bertz CT molecular complexity index is 1220. The molecule has 0 aliphatic carbocycles. The average molecular weight is 754 g/mol. The predicted octanol–water partition coefficient (Wildman–Crippen LogP) is 2.21. The van der Waals surface area contributed by atoms with Gasteiger partial charge in [0.15, 0.2) is 0 Å². The number of amides is 7. The van der Waals surface area contributed by atoms with Gasteiger partial charge >= 0.3 is 0 Å². The van der Waals surface area contributed by atoms with E-state index in [4.69, 9.17) is 28.3 Å². The number of nitrogens with two attached hydrogens (primary N) is 3. The number of carbonyl (C=O) groups excluding carboxylic acids is 7. The Kier molecular flexibility index (Phi) is 32.3. The minimum Gasteiger partial charge on any atom is -0.369 e. The van der Waals surface area contributed by atoms with Gasteiger partial charge in [0.2, 0.25) is 41.4 Å². The number of hydrogen-bond acceptors (Lipinski definition) is 9. The van der Waals surface area contributed by atoms with Crippen LogP contribution < -0.4 is 38.5 Å². The van der Waals surface area contributed by atoms with Crippen LogP contribution in [-0.4, -0.2) is 80.6 Å². The van der Waals surface area contributed by atoms with Gasteiger partial charge in [-0.3, -0.25) is 33.6 Å². The van der Waals surface area contributed by atoms with E-state index in [-0.39, 0.29) is 74.7 Å². The molecule has 0 aromatic carbocycles. The molecule has 0 spiro atoms. The zero-order valence-corrected chi connectivity index (χ0v) is 31.0. The Morgan fingerprint density at radius 3 is 1.25 bits per heavy atom. The summed E-state index contributed by atoms with van der Waals surface area (Å²) in [5.41, 5.74) is 32.0. The Hall–Kier alpha value is -5.09. The smallest absolute Gasteiger partial charge is 0.225 e. The molecule has 0 aliphatic rings. The van der Waals surface area contributed by atoms with Crippen LogP contribution in [0.4, 0.5) is 0 Å². The maximum Gasteiger partial charge on any atom is 0.225 e. The molecular formula is C33H63N13O7. The van der Waals surface area contributed by atoms with Crippen molar-refractivity contribution in [1.82, 2.24) is 21.3 Å². The fourth-order valence-corrected chi connectivity index (χ4v) is 4.77. The molecule has 0 saturated carbocycles. The van der Waals surface area contributed by atoms with Crippen molar-refractivity contribution in [1.29, 1.82) is 0 Å². The van der Waals surface area contributed by atoms with Crippen LogP contribution in [0.2, 0.25) is 0 Å². The standard InChI is InChI=1S/C17H31N7O4.C15H28N6O3.CH4/c1-11(15(18)26)8-13(9-12(2)16(19)27)17(28)22-7-5-3-4-6-21-14(25)10-23-24-20;1-3-12(14(16)23)9-11(2)15(24)19-8-6-4-5-7-18-13(22)10-20-21-17;/h11-13H,3-10H2,1-2H3,(H2,18,26)(H2,19,27)(H,21,25)(H,22,28);11-12H,3-10H2,1-2H3,(H2,16,23)(H,18,22)(H,19,24);1H4. The summed E-state index contributed by atoms with van der Waals surface area (Å²) in [4.78, 5) is 85.5. The molecule has 4 unspecified atom stereocenters. The van der Waals surface area contributed by atoms with Crippen LogP contribution in [0, 0.1) is 29.6 Å². The molecule has 4 atom stereocenters. The van der Waals surface area contributed by atoms with E-state index in [1.54, 1.807) is 20.8 Å². The number of primary amides is 3. The van der Waals surface area contributed by atoms with Gasteiger partial charge < -0.3 is 38.5 Å². The molecule has 302 valence electrons. The van der Waals surface area contributed by atoms with Crippen LogP contribution >= 0.6 is 0 Å². The highest BCUT2D eigenvalue weighted by atomic mass is 16.2. The summed E-state index contributed by atoms with van der Waals surface area (Å²) in [5, 5.41) is 17.2. The summed E-state index contributed by atoms with van der Waals surface area (Å²) in [6.45, 7) is 8.54.